The maximum atomic E-state index is 12.5. The van der Waals surface area contributed by atoms with Crippen molar-refractivity contribution in [3.63, 3.8) is 0 Å². The van der Waals surface area contributed by atoms with Crippen molar-refractivity contribution in [1.29, 1.82) is 0 Å². The molecule has 0 spiro atoms. The Labute approximate surface area is 170 Å². The third kappa shape index (κ3) is 4.95. The number of carbonyl (C=O) groups is 1. The van der Waals surface area contributed by atoms with Gasteiger partial charge in [0.1, 0.15) is 5.03 Å². The molecule has 2 heterocycles. The molecule has 3 rings (SSSR count). The van der Waals surface area contributed by atoms with Crippen molar-refractivity contribution in [3.05, 3.63) is 30.3 Å². The Morgan fingerprint density at radius 3 is 2.39 bits per heavy atom. The molecule has 0 radical (unpaired) electrons. The molecule has 1 aliphatic heterocycles. The summed E-state index contributed by atoms with van der Waals surface area (Å²) in [6.07, 6.45) is 1.19. The summed E-state index contributed by atoms with van der Waals surface area (Å²) in [5, 5.41) is 9.32. The third-order valence-electron chi connectivity index (χ3n) is 4.88. The number of hydrogen-bond acceptors (Lipinski definition) is 6. The van der Waals surface area contributed by atoms with Crippen LogP contribution in [0.3, 0.4) is 0 Å². The van der Waals surface area contributed by atoms with Crippen LogP contribution >= 0.6 is 11.8 Å². The molecule has 2 atom stereocenters. The molecule has 2 aromatic rings. The zero-order valence-electron chi connectivity index (χ0n) is 16.8. The predicted molar refractivity (Wildman–Crippen MR) is 111 cm³/mol. The van der Waals surface area contributed by atoms with E-state index in [0.717, 1.165) is 29.4 Å². The van der Waals surface area contributed by atoms with E-state index in [-0.39, 0.29) is 5.91 Å². The summed E-state index contributed by atoms with van der Waals surface area (Å²) >= 11 is 1.43. The van der Waals surface area contributed by atoms with Gasteiger partial charge in [0.2, 0.25) is 5.91 Å². The Morgan fingerprint density at radius 1 is 1.07 bits per heavy atom. The van der Waals surface area contributed by atoms with E-state index in [9.17, 15) is 4.79 Å². The van der Waals surface area contributed by atoms with E-state index in [1.807, 2.05) is 35.2 Å². The molecule has 1 saturated heterocycles. The molecule has 1 aromatic carbocycles. The Morgan fingerprint density at radius 2 is 1.79 bits per heavy atom. The lowest BCUT2D eigenvalue weighted by atomic mass is 9.92. The highest BCUT2D eigenvalue weighted by Gasteiger charge is 2.25. The highest BCUT2D eigenvalue weighted by atomic mass is 32.2. The van der Waals surface area contributed by atoms with Gasteiger partial charge in [0.05, 0.1) is 25.7 Å². The van der Waals surface area contributed by atoms with Gasteiger partial charge < -0.3 is 14.4 Å². The largest absolute Gasteiger partial charge is 0.493 e. The summed E-state index contributed by atoms with van der Waals surface area (Å²) in [4.78, 5) is 14.5. The Balaban J connectivity index is 1.61. The SMILES string of the molecule is COc1ccc(-c2ccc(SCC(=O)N3CC(C)CC(C)C3)nn2)cc1OC. The van der Waals surface area contributed by atoms with E-state index in [1.165, 1.54) is 18.2 Å². The normalized spacial score (nSPS) is 19.4. The molecule has 0 N–H and O–H groups in total. The summed E-state index contributed by atoms with van der Waals surface area (Å²) < 4.78 is 10.6. The van der Waals surface area contributed by atoms with Gasteiger partial charge in [-0.1, -0.05) is 25.6 Å². The number of hydrogen-bond donors (Lipinski definition) is 0. The van der Waals surface area contributed by atoms with Crippen LogP contribution in [0, 0.1) is 11.8 Å². The number of thioether (sulfide) groups is 1. The molecule has 1 fully saturated rings. The molecule has 2 unspecified atom stereocenters. The molecule has 0 aliphatic carbocycles. The van der Waals surface area contributed by atoms with Crippen molar-refractivity contribution < 1.29 is 14.3 Å². The second kappa shape index (κ2) is 9.28. The topological polar surface area (TPSA) is 64.5 Å². The van der Waals surface area contributed by atoms with Crippen LogP contribution in [0.1, 0.15) is 20.3 Å². The maximum Gasteiger partial charge on any atom is 0.233 e. The number of methoxy groups -OCH3 is 2. The minimum absolute atomic E-state index is 0.175. The predicted octanol–water partition coefficient (Wildman–Crippen LogP) is 3.76. The van der Waals surface area contributed by atoms with Gasteiger partial charge in [0.15, 0.2) is 11.5 Å². The third-order valence-corrected chi connectivity index (χ3v) is 5.79. The van der Waals surface area contributed by atoms with Crippen LogP contribution in [0.2, 0.25) is 0 Å². The van der Waals surface area contributed by atoms with Crippen molar-refractivity contribution in [3.8, 4) is 22.8 Å². The number of benzene rings is 1. The van der Waals surface area contributed by atoms with Crippen LogP contribution in [0.15, 0.2) is 35.4 Å². The molecular formula is C21H27N3O3S. The second-order valence-corrected chi connectivity index (χ2v) is 8.36. The Hall–Kier alpha value is -2.28. The number of carbonyl (C=O) groups excluding carboxylic acids is 1. The standard InChI is InChI=1S/C21H27N3O3S/c1-14-9-15(2)12-24(11-14)21(25)13-28-20-8-6-17(22-23-20)16-5-7-18(26-3)19(10-16)27-4/h5-8,10,14-15H,9,11-13H2,1-4H3. The first-order valence-corrected chi connectivity index (χ1v) is 10.5. The van der Waals surface area contributed by atoms with E-state index < -0.39 is 0 Å². The van der Waals surface area contributed by atoms with Crippen LogP contribution < -0.4 is 9.47 Å². The van der Waals surface area contributed by atoms with Crippen LogP contribution in [0.25, 0.3) is 11.3 Å². The molecule has 1 amide bonds. The lowest BCUT2D eigenvalue weighted by Crippen LogP contribution is -2.43. The first-order chi connectivity index (χ1) is 13.5. The smallest absolute Gasteiger partial charge is 0.233 e. The summed E-state index contributed by atoms with van der Waals surface area (Å²) in [6, 6.07) is 9.45. The average Bonchev–Trinajstić information content (AvgIpc) is 2.71. The average molecular weight is 402 g/mol. The van der Waals surface area contributed by atoms with Crippen LogP contribution in [0.4, 0.5) is 0 Å². The molecular weight excluding hydrogens is 374 g/mol. The van der Waals surface area contributed by atoms with Gasteiger partial charge in [-0.2, -0.15) is 0 Å². The monoisotopic (exact) mass is 401 g/mol. The fourth-order valence-electron chi connectivity index (χ4n) is 3.64. The highest BCUT2D eigenvalue weighted by Crippen LogP contribution is 2.31. The van der Waals surface area contributed by atoms with Gasteiger partial charge in [-0.25, -0.2) is 0 Å². The minimum Gasteiger partial charge on any atom is -0.493 e. The number of amides is 1. The van der Waals surface area contributed by atoms with Crippen molar-refractivity contribution in [2.45, 2.75) is 25.3 Å². The first-order valence-electron chi connectivity index (χ1n) is 9.46. The van der Waals surface area contributed by atoms with Crippen molar-refractivity contribution in [2.24, 2.45) is 11.8 Å². The van der Waals surface area contributed by atoms with Gasteiger partial charge >= 0.3 is 0 Å². The maximum absolute atomic E-state index is 12.5. The number of rotatable bonds is 6. The van der Waals surface area contributed by atoms with E-state index in [2.05, 4.69) is 24.0 Å². The number of piperidine rings is 1. The van der Waals surface area contributed by atoms with Crippen LogP contribution in [-0.4, -0.2) is 54.1 Å². The number of likely N-dealkylation sites (tertiary alicyclic amines) is 1. The van der Waals surface area contributed by atoms with Crippen molar-refractivity contribution in [1.82, 2.24) is 15.1 Å². The zero-order valence-corrected chi connectivity index (χ0v) is 17.7. The quantitative estimate of drug-likeness (QED) is 0.687. The van der Waals surface area contributed by atoms with Gasteiger partial charge in [-0.3, -0.25) is 4.79 Å². The van der Waals surface area contributed by atoms with Gasteiger partial charge in [-0.05, 0) is 48.6 Å². The summed E-state index contributed by atoms with van der Waals surface area (Å²) in [5.41, 5.74) is 1.64. The van der Waals surface area contributed by atoms with E-state index in [1.54, 1.807) is 14.2 Å². The molecule has 7 heteroatoms. The lowest BCUT2D eigenvalue weighted by molar-refractivity contribution is -0.130. The fraction of sp³-hybridized carbons (Fsp3) is 0.476. The number of nitrogens with zero attached hydrogens (tertiary/aromatic N) is 3. The molecule has 0 bridgehead atoms. The van der Waals surface area contributed by atoms with Gasteiger partial charge in [0, 0.05) is 18.7 Å². The Bertz CT molecular complexity index is 803. The summed E-state index contributed by atoms with van der Waals surface area (Å²) in [6.45, 7) is 6.13. The van der Waals surface area contributed by atoms with E-state index >= 15 is 0 Å². The summed E-state index contributed by atoms with van der Waals surface area (Å²) in [7, 11) is 3.21. The summed E-state index contributed by atoms with van der Waals surface area (Å²) in [5.74, 6) is 3.02. The van der Waals surface area contributed by atoms with E-state index in [4.69, 9.17) is 9.47 Å². The molecule has 0 saturated carbocycles. The minimum atomic E-state index is 0.175. The van der Waals surface area contributed by atoms with Gasteiger partial charge in [-0.15, -0.1) is 10.2 Å². The molecule has 1 aromatic heterocycles. The van der Waals surface area contributed by atoms with Gasteiger partial charge in [0.25, 0.3) is 0 Å². The first kappa shape index (κ1) is 20.5. The Kier molecular flexibility index (Phi) is 6.78. The highest BCUT2D eigenvalue weighted by molar-refractivity contribution is 7.99. The molecule has 150 valence electrons. The van der Waals surface area contributed by atoms with Crippen molar-refractivity contribution >= 4 is 17.7 Å². The lowest BCUT2D eigenvalue weighted by Gasteiger charge is -2.34. The molecule has 6 nitrogen and oxygen atoms in total. The van der Waals surface area contributed by atoms with Crippen LogP contribution in [-0.2, 0) is 4.79 Å². The number of aromatic nitrogens is 2. The zero-order chi connectivity index (χ0) is 20.1. The fourth-order valence-corrected chi connectivity index (χ4v) is 4.36. The number of ether oxygens (including phenoxy) is 2. The van der Waals surface area contributed by atoms with Crippen molar-refractivity contribution in [2.75, 3.05) is 33.1 Å². The second-order valence-electron chi connectivity index (χ2n) is 7.36. The van der Waals surface area contributed by atoms with E-state index in [0.29, 0.717) is 29.1 Å². The molecule has 28 heavy (non-hydrogen) atoms. The van der Waals surface area contributed by atoms with Crippen LogP contribution in [0.5, 0.6) is 11.5 Å². The molecule has 1 aliphatic rings.